The third-order valence-electron chi connectivity index (χ3n) is 5.60. The van der Waals surface area contributed by atoms with Gasteiger partial charge in [-0.25, -0.2) is 0 Å². The van der Waals surface area contributed by atoms with Crippen LogP contribution in [0.1, 0.15) is 43.0 Å². The highest BCUT2D eigenvalue weighted by Crippen LogP contribution is 2.34. The second kappa shape index (κ2) is 9.79. The van der Waals surface area contributed by atoms with E-state index in [0.717, 1.165) is 31.0 Å². The largest absolute Gasteiger partial charge is 0.493 e. The van der Waals surface area contributed by atoms with Crippen LogP contribution in [0.5, 0.6) is 11.5 Å². The number of carbonyl (C=O) groups is 1. The monoisotopic (exact) mass is 397 g/mol. The zero-order valence-electron chi connectivity index (χ0n) is 18.0. The molecule has 1 amide bonds. The van der Waals surface area contributed by atoms with Gasteiger partial charge >= 0.3 is 0 Å². The van der Waals surface area contributed by atoms with Crippen LogP contribution in [-0.4, -0.2) is 33.2 Å². The number of carbonyl (C=O) groups excluding carboxylic acids is 1. The van der Waals surface area contributed by atoms with Crippen molar-refractivity contribution < 1.29 is 19.2 Å². The van der Waals surface area contributed by atoms with Gasteiger partial charge in [-0.2, -0.15) is 0 Å². The summed E-state index contributed by atoms with van der Waals surface area (Å²) in [6.45, 7) is 6.71. The van der Waals surface area contributed by atoms with Crippen molar-refractivity contribution >= 4 is 5.91 Å². The Morgan fingerprint density at radius 1 is 1.14 bits per heavy atom. The van der Waals surface area contributed by atoms with Gasteiger partial charge in [-0.05, 0) is 23.6 Å². The number of rotatable bonds is 8. The number of amides is 1. The van der Waals surface area contributed by atoms with Crippen LogP contribution in [0.25, 0.3) is 0 Å². The number of benzene rings is 2. The lowest BCUT2D eigenvalue weighted by Gasteiger charge is -2.35. The maximum absolute atomic E-state index is 12.3. The van der Waals surface area contributed by atoms with E-state index >= 15 is 0 Å². The molecule has 3 rings (SSSR count). The standard InChI is InChI=1S/C24H32N2O3/c1-17(2)12-24(27)25-15-21-20-14-23(29-4)22(28-3)13-19(20)10-11-26(21)16-18-8-6-5-7-9-18/h5-9,13-14,17,21H,10-12,15-16H2,1-4H3,(H,25,27)/p+1/t21-/m0/s1. The maximum Gasteiger partial charge on any atom is 0.220 e. The number of methoxy groups -OCH3 is 2. The van der Waals surface area contributed by atoms with E-state index in [2.05, 4.69) is 55.6 Å². The van der Waals surface area contributed by atoms with Crippen LogP contribution < -0.4 is 19.7 Å². The topological polar surface area (TPSA) is 52.0 Å². The van der Waals surface area contributed by atoms with Gasteiger partial charge in [0.15, 0.2) is 11.5 Å². The summed E-state index contributed by atoms with van der Waals surface area (Å²) in [6.07, 6.45) is 1.54. The molecule has 0 aromatic heterocycles. The van der Waals surface area contributed by atoms with E-state index in [0.29, 0.717) is 18.9 Å². The molecule has 2 aromatic rings. The molecular formula is C24H33N2O3+. The number of hydrogen-bond donors (Lipinski definition) is 2. The van der Waals surface area contributed by atoms with Gasteiger partial charge in [0.1, 0.15) is 12.6 Å². The molecule has 1 aliphatic heterocycles. The van der Waals surface area contributed by atoms with Crippen LogP contribution in [-0.2, 0) is 17.8 Å². The van der Waals surface area contributed by atoms with Gasteiger partial charge in [-0.3, -0.25) is 4.79 Å². The predicted molar refractivity (Wildman–Crippen MR) is 114 cm³/mol. The Morgan fingerprint density at radius 2 is 1.83 bits per heavy atom. The molecule has 0 radical (unpaired) electrons. The zero-order valence-corrected chi connectivity index (χ0v) is 18.0. The average Bonchev–Trinajstić information content (AvgIpc) is 2.72. The average molecular weight is 398 g/mol. The first-order valence-corrected chi connectivity index (χ1v) is 10.4. The van der Waals surface area contributed by atoms with E-state index in [1.54, 1.807) is 14.2 Å². The number of quaternary nitrogens is 1. The zero-order chi connectivity index (χ0) is 20.8. The van der Waals surface area contributed by atoms with E-state index in [1.807, 2.05) is 6.07 Å². The minimum Gasteiger partial charge on any atom is -0.493 e. The van der Waals surface area contributed by atoms with Gasteiger partial charge < -0.3 is 19.7 Å². The van der Waals surface area contributed by atoms with Crippen molar-refractivity contribution in [3.63, 3.8) is 0 Å². The fraction of sp³-hybridized carbons (Fsp3) is 0.458. The molecule has 1 aliphatic rings. The third-order valence-corrected chi connectivity index (χ3v) is 5.60. The summed E-state index contributed by atoms with van der Waals surface area (Å²) in [6, 6.07) is 14.9. The molecular weight excluding hydrogens is 364 g/mol. The first-order valence-electron chi connectivity index (χ1n) is 10.4. The molecule has 156 valence electrons. The molecule has 0 spiro atoms. The molecule has 0 aliphatic carbocycles. The van der Waals surface area contributed by atoms with Crippen molar-refractivity contribution in [2.24, 2.45) is 5.92 Å². The molecule has 5 heteroatoms. The highest BCUT2D eigenvalue weighted by Gasteiger charge is 2.32. The Morgan fingerprint density at radius 3 is 2.48 bits per heavy atom. The SMILES string of the molecule is COc1cc2c(cc1OC)[C@H](CNC(=O)CC(C)C)[NH+](Cc1ccccc1)CC2. The van der Waals surface area contributed by atoms with Crippen LogP contribution in [0.3, 0.4) is 0 Å². The number of ether oxygens (including phenoxy) is 2. The second-order valence-electron chi connectivity index (χ2n) is 8.18. The maximum atomic E-state index is 12.3. The van der Waals surface area contributed by atoms with Crippen LogP contribution in [0.4, 0.5) is 0 Å². The van der Waals surface area contributed by atoms with Crippen molar-refractivity contribution in [3.8, 4) is 11.5 Å². The molecule has 2 aromatic carbocycles. The first kappa shape index (κ1) is 21.2. The smallest absolute Gasteiger partial charge is 0.220 e. The molecule has 29 heavy (non-hydrogen) atoms. The van der Waals surface area contributed by atoms with Gasteiger partial charge in [0, 0.05) is 24.0 Å². The normalized spacial score (nSPS) is 18.2. The summed E-state index contributed by atoms with van der Waals surface area (Å²) in [7, 11) is 3.34. The number of fused-ring (bicyclic) bond motifs is 1. The number of hydrogen-bond acceptors (Lipinski definition) is 3. The fourth-order valence-corrected chi connectivity index (χ4v) is 4.15. The van der Waals surface area contributed by atoms with Crippen molar-refractivity contribution in [2.75, 3.05) is 27.3 Å². The highest BCUT2D eigenvalue weighted by molar-refractivity contribution is 5.76. The Kier molecular flexibility index (Phi) is 7.15. The summed E-state index contributed by atoms with van der Waals surface area (Å²) in [5.74, 6) is 1.98. The Hall–Kier alpha value is -2.53. The van der Waals surface area contributed by atoms with Crippen LogP contribution in [0, 0.1) is 5.92 Å². The van der Waals surface area contributed by atoms with E-state index in [9.17, 15) is 4.79 Å². The van der Waals surface area contributed by atoms with Crippen LogP contribution >= 0.6 is 0 Å². The number of nitrogens with one attached hydrogen (secondary N) is 2. The summed E-state index contributed by atoms with van der Waals surface area (Å²) >= 11 is 0. The fourth-order valence-electron chi connectivity index (χ4n) is 4.15. The van der Waals surface area contributed by atoms with Crippen molar-refractivity contribution in [2.45, 2.75) is 39.3 Å². The van der Waals surface area contributed by atoms with Gasteiger partial charge in [-0.1, -0.05) is 44.2 Å². The summed E-state index contributed by atoms with van der Waals surface area (Å²) < 4.78 is 11.1. The van der Waals surface area contributed by atoms with E-state index < -0.39 is 0 Å². The van der Waals surface area contributed by atoms with Crippen LogP contribution in [0.2, 0.25) is 0 Å². The molecule has 0 saturated carbocycles. The van der Waals surface area contributed by atoms with Crippen molar-refractivity contribution in [1.29, 1.82) is 0 Å². The lowest BCUT2D eigenvalue weighted by Crippen LogP contribution is -3.12. The minimum atomic E-state index is 0.117. The molecule has 2 atom stereocenters. The Bertz CT molecular complexity index is 820. The summed E-state index contributed by atoms with van der Waals surface area (Å²) in [5, 5.41) is 3.17. The van der Waals surface area contributed by atoms with Crippen molar-refractivity contribution in [3.05, 3.63) is 59.2 Å². The van der Waals surface area contributed by atoms with Gasteiger partial charge in [0.25, 0.3) is 0 Å². The molecule has 5 nitrogen and oxygen atoms in total. The molecule has 1 heterocycles. The third kappa shape index (κ3) is 5.30. The van der Waals surface area contributed by atoms with E-state index in [-0.39, 0.29) is 11.9 Å². The summed E-state index contributed by atoms with van der Waals surface area (Å²) in [5.41, 5.74) is 3.83. The summed E-state index contributed by atoms with van der Waals surface area (Å²) in [4.78, 5) is 13.8. The highest BCUT2D eigenvalue weighted by atomic mass is 16.5. The van der Waals surface area contributed by atoms with E-state index in [4.69, 9.17) is 9.47 Å². The molecule has 0 fully saturated rings. The van der Waals surface area contributed by atoms with Crippen molar-refractivity contribution in [1.82, 2.24) is 5.32 Å². The predicted octanol–water partition coefficient (Wildman–Crippen LogP) is 2.55. The van der Waals surface area contributed by atoms with Gasteiger partial charge in [0.2, 0.25) is 5.91 Å². The second-order valence-corrected chi connectivity index (χ2v) is 8.18. The lowest BCUT2D eigenvalue weighted by molar-refractivity contribution is -0.945. The minimum absolute atomic E-state index is 0.117. The van der Waals surface area contributed by atoms with Crippen LogP contribution in [0.15, 0.2) is 42.5 Å². The Labute approximate surface area is 174 Å². The lowest BCUT2D eigenvalue weighted by atomic mass is 9.91. The molecule has 0 bridgehead atoms. The first-order chi connectivity index (χ1) is 14.0. The Balaban J connectivity index is 1.88. The van der Waals surface area contributed by atoms with E-state index in [1.165, 1.54) is 21.6 Å². The quantitative estimate of drug-likeness (QED) is 0.720. The molecule has 0 saturated heterocycles. The molecule has 1 unspecified atom stereocenters. The molecule has 2 N–H and O–H groups in total. The van der Waals surface area contributed by atoms with Gasteiger partial charge in [-0.15, -0.1) is 0 Å². The van der Waals surface area contributed by atoms with Gasteiger partial charge in [0.05, 0.1) is 27.3 Å².